The summed E-state index contributed by atoms with van der Waals surface area (Å²) in [6, 6.07) is 8.58. The number of amides is 1. The average molecular weight is 332 g/mol. The molecular formula is C18H24N2O4. The molecule has 0 saturated carbocycles. The van der Waals surface area contributed by atoms with Crippen molar-refractivity contribution in [2.75, 3.05) is 20.2 Å². The Morgan fingerprint density at radius 3 is 2.38 bits per heavy atom. The van der Waals surface area contributed by atoms with E-state index in [1.165, 1.54) is 11.8 Å². The van der Waals surface area contributed by atoms with Crippen molar-refractivity contribution in [3.05, 3.63) is 29.8 Å². The zero-order chi connectivity index (χ0) is 18.1. The number of esters is 1. The third-order valence-corrected chi connectivity index (χ3v) is 3.24. The second kappa shape index (κ2) is 9.56. The Hall–Kier alpha value is -2.55. The molecule has 0 aliphatic rings. The molecule has 1 aromatic carbocycles. The van der Waals surface area contributed by atoms with Gasteiger partial charge in [0.1, 0.15) is 5.75 Å². The molecular weight excluding hydrogens is 308 g/mol. The number of carbonyl (C=O) groups excluding carboxylic acids is 2. The Bertz CT molecular complexity index is 590. The molecule has 6 nitrogen and oxygen atoms in total. The maximum atomic E-state index is 12.1. The van der Waals surface area contributed by atoms with Gasteiger partial charge < -0.3 is 14.4 Å². The van der Waals surface area contributed by atoms with Crippen molar-refractivity contribution in [3.63, 3.8) is 0 Å². The Balaban J connectivity index is 2.57. The van der Waals surface area contributed by atoms with Crippen molar-refractivity contribution in [1.82, 2.24) is 4.90 Å². The van der Waals surface area contributed by atoms with E-state index in [1.54, 1.807) is 31.3 Å². The minimum Gasteiger partial charge on any atom is -0.493 e. The first-order chi connectivity index (χ1) is 11.3. The molecule has 0 aliphatic carbocycles. The molecule has 0 spiro atoms. The summed E-state index contributed by atoms with van der Waals surface area (Å²) in [6.07, 6.45) is -0.668. The molecule has 0 radical (unpaired) electrons. The molecule has 0 unspecified atom stereocenters. The van der Waals surface area contributed by atoms with Gasteiger partial charge in [-0.15, -0.1) is 0 Å². The summed E-state index contributed by atoms with van der Waals surface area (Å²) in [7, 11) is 1.57. The highest BCUT2D eigenvalue weighted by Gasteiger charge is 2.22. The van der Waals surface area contributed by atoms with Crippen LogP contribution in [0.25, 0.3) is 0 Å². The van der Waals surface area contributed by atoms with Crippen LogP contribution in [0.3, 0.4) is 0 Å². The van der Waals surface area contributed by atoms with Gasteiger partial charge in [0.25, 0.3) is 5.91 Å². The quantitative estimate of drug-likeness (QED) is 0.684. The van der Waals surface area contributed by atoms with Gasteiger partial charge in [0.2, 0.25) is 0 Å². The summed E-state index contributed by atoms with van der Waals surface area (Å²) < 4.78 is 10.7. The van der Waals surface area contributed by atoms with Crippen LogP contribution in [0.1, 0.15) is 37.6 Å². The Morgan fingerprint density at radius 1 is 1.21 bits per heavy atom. The van der Waals surface area contributed by atoms with Crippen LogP contribution in [0.15, 0.2) is 24.3 Å². The van der Waals surface area contributed by atoms with E-state index in [1.807, 2.05) is 6.07 Å². The molecule has 1 atom stereocenters. The summed E-state index contributed by atoms with van der Waals surface area (Å²) in [6.45, 7) is 6.53. The minimum absolute atomic E-state index is 0.237. The van der Waals surface area contributed by atoms with Crippen LogP contribution in [0.2, 0.25) is 0 Å². The van der Waals surface area contributed by atoms with E-state index in [0.717, 1.165) is 0 Å². The van der Waals surface area contributed by atoms with E-state index >= 15 is 0 Å². The maximum Gasteiger partial charge on any atom is 0.338 e. The monoisotopic (exact) mass is 332 g/mol. The molecule has 0 bridgehead atoms. The van der Waals surface area contributed by atoms with E-state index in [0.29, 0.717) is 30.4 Å². The molecule has 0 N–H and O–H groups in total. The highest BCUT2D eigenvalue weighted by molar-refractivity contribution is 5.92. The van der Waals surface area contributed by atoms with Crippen molar-refractivity contribution in [2.45, 2.75) is 33.3 Å². The average Bonchev–Trinajstić information content (AvgIpc) is 2.57. The molecule has 0 saturated heterocycles. The number of benzene rings is 1. The molecule has 0 heterocycles. The van der Waals surface area contributed by atoms with Gasteiger partial charge in [-0.1, -0.05) is 13.8 Å². The number of hydrogen-bond donors (Lipinski definition) is 0. The Labute approximate surface area is 143 Å². The fourth-order valence-electron chi connectivity index (χ4n) is 1.87. The molecule has 24 heavy (non-hydrogen) atoms. The smallest absolute Gasteiger partial charge is 0.338 e. The second-order valence-electron chi connectivity index (χ2n) is 5.94. The molecule has 130 valence electrons. The van der Waals surface area contributed by atoms with Gasteiger partial charge in [-0.05, 0) is 37.1 Å². The molecule has 1 amide bonds. The van der Waals surface area contributed by atoms with Gasteiger partial charge in [0.05, 0.1) is 24.7 Å². The van der Waals surface area contributed by atoms with Gasteiger partial charge in [-0.25, -0.2) is 4.79 Å². The third-order valence-electron chi connectivity index (χ3n) is 3.24. The predicted octanol–water partition coefficient (Wildman–Crippen LogP) is 2.64. The van der Waals surface area contributed by atoms with E-state index in [2.05, 4.69) is 13.8 Å². The largest absolute Gasteiger partial charge is 0.493 e. The minimum atomic E-state index is -0.905. The zero-order valence-electron chi connectivity index (χ0n) is 14.6. The lowest BCUT2D eigenvalue weighted by Crippen LogP contribution is -2.37. The van der Waals surface area contributed by atoms with Crippen LogP contribution in [0, 0.1) is 17.2 Å². The van der Waals surface area contributed by atoms with Crippen LogP contribution in [-0.4, -0.2) is 43.1 Å². The zero-order valence-corrected chi connectivity index (χ0v) is 14.6. The van der Waals surface area contributed by atoms with Crippen molar-refractivity contribution < 1.29 is 19.1 Å². The first kappa shape index (κ1) is 19.5. The number of ether oxygens (including phenoxy) is 2. The Morgan fingerprint density at radius 2 is 1.83 bits per heavy atom. The first-order valence-corrected chi connectivity index (χ1v) is 7.91. The van der Waals surface area contributed by atoms with Gasteiger partial charge in [-0.3, -0.25) is 4.79 Å². The number of hydrogen-bond acceptors (Lipinski definition) is 5. The molecule has 0 aliphatic heterocycles. The van der Waals surface area contributed by atoms with Crippen LogP contribution in [0.5, 0.6) is 5.75 Å². The standard InChI is InChI=1S/C18H24N2O4/c1-13(2)12-23-16-8-6-15(7-9-16)18(22)24-14(3)17(21)20(4)11-5-10-19/h6-9,13-14H,5,11-12H2,1-4H3/t14-/m0/s1. The molecule has 0 fully saturated rings. The van der Waals surface area contributed by atoms with Crippen molar-refractivity contribution in [1.29, 1.82) is 5.26 Å². The van der Waals surface area contributed by atoms with E-state index in [-0.39, 0.29) is 12.3 Å². The molecule has 0 aromatic heterocycles. The molecule has 1 rings (SSSR count). The van der Waals surface area contributed by atoms with E-state index in [4.69, 9.17) is 14.7 Å². The predicted molar refractivity (Wildman–Crippen MR) is 89.5 cm³/mol. The summed E-state index contributed by atoms with van der Waals surface area (Å²) in [5.74, 6) is 0.190. The number of nitrogens with zero attached hydrogens (tertiary/aromatic N) is 2. The number of nitriles is 1. The summed E-state index contributed by atoms with van der Waals surface area (Å²) >= 11 is 0. The lowest BCUT2D eigenvalue weighted by atomic mass is 10.2. The van der Waals surface area contributed by atoms with Crippen LogP contribution < -0.4 is 4.74 Å². The van der Waals surface area contributed by atoms with Gasteiger partial charge >= 0.3 is 5.97 Å². The number of likely N-dealkylation sites (N-methyl/N-ethyl adjacent to an activating group) is 1. The van der Waals surface area contributed by atoms with Gasteiger partial charge in [-0.2, -0.15) is 5.26 Å². The van der Waals surface area contributed by atoms with E-state index in [9.17, 15) is 9.59 Å². The normalized spacial score (nSPS) is 11.5. The lowest BCUT2D eigenvalue weighted by molar-refractivity contribution is -0.138. The van der Waals surface area contributed by atoms with Crippen molar-refractivity contribution in [2.24, 2.45) is 5.92 Å². The highest BCUT2D eigenvalue weighted by Crippen LogP contribution is 2.14. The van der Waals surface area contributed by atoms with Gasteiger partial charge in [0, 0.05) is 13.6 Å². The third kappa shape index (κ3) is 6.29. The highest BCUT2D eigenvalue weighted by atomic mass is 16.5. The fourth-order valence-corrected chi connectivity index (χ4v) is 1.87. The van der Waals surface area contributed by atoms with Crippen molar-refractivity contribution >= 4 is 11.9 Å². The fraction of sp³-hybridized carbons (Fsp3) is 0.500. The first-order valence-electron chi connectivity index (χ1n) is 7.91. The van der Waals surface area contributed by atoms with E-state index < -0.39 is 12.1 Å². The van der Waals surface area contributed by atoms with Crippen molar-refractivity contribution in [3.8, 4) is 11.8 Å². The molecule has 6 heteroatoms. The van der Waals surface area contributed by atoms with Gasteiger partial charge in [0.15, 0.2) is 6.10 Å². The summed E-state index contributed by atoms with van der Waals surface area (Å²) in [5.41, 5.74) is 0.353. The number of rotatable bonds is 8. The molecule has 1 aromatic rings. The topological polar surface area (TPSA) is 79.6 Å². The second-order valence-corrected chi connectivity index (χ2v) is 5.94. The van der Waals surface area contributed by atoms with Crippen LogP contribution in [0.4, 0.5) is 0 Å². The Kier molecular flexibility index (Phi) is 7.76. The SMILES string of the molecule is CC(C)COc1ccc(C(=O)O[C@@H](C)C(=O)N(C)CCC#N)cc1. The van der Waals surface area contributed by atoms with Crippen LogP contribution >= 0.6 is 0 Å². The van der Waals surface area contributed by atoms with Crippen LogP contribution in [-0.2, 0) is 9.53 Å². The summed E-state index contributed by atoms with van der Waals surface area (Å²) in [5, 5.41) is 8.54. The summed E-state index contributed by atoms with van der Waals surface area (Å²) in [4.78, 5) is 25.5. The lowest BCUT2D eigenvalue weighted by Gasteiger charge is -2.20. The maximum absolute atomic E-state index is 12.1. The number of carbonyl (C=O) groups is 2.